The molecular weight excluding hydrogens is 330 g/mol. The summed E-state index contributed by atoms with van der Waals surface area (Å²) in [6, 6.07) is 5.75. The first-order valence-corrected chi connectivity index (χ1v) is 8.79. The molecule has 0 saturated carbocycles. The van der Waals surface area contributed by atoms with Crippen molar-refractivity contribution in [2.24, 2.45) is 7.05 Å². The molecule has 0 aliphatic carbocycles. The summed E-state index contributed by atoms with van der Waals surface area (Å²) in [5, 5.41) is 16.0. The van der Waals surface area contributed by atoms with E-state index in [9.17, 15) is 4.79 Å². The predicted octanol–water partition coefficient (Wildman–Crippen LogP) is 1.14. The van der Waals surface area contributed by atoms with Crippen molar-refractivity contribution in [1.82, 2.24) is 34.8 Å². The smallest absolute Gasteiger partial charge is 0.226 e. The molecule has 4 heterocycles. The molecule has 0 spiro atoms. The van der Waals surface area contributed by atoms with Gasteiger partial charge in [0.05, 0.1) is 18.2 Å². The van der Waals surface area contributed by atoms with E-state index in [4.69, 9.17) is 0 Å². The van der Waals surface area contributed by atoms with Crippen LogP contribution in [0.3, 0.4) is 0 Å². The van der Waals surface area contributed by atoms with Crippen LogP contribution in [0.25, 0.3) is 11.4 Å². The molecule has 1 unspecified atom stereocenters. The van der Waals surface area contributed by atoms with Gasteiger partial charge in [-0.25, -0.2) is 0 Å². The number of carbonyl (C=O) groups is 1. The molecular formula is C18H21N7O. The van der Waals surface area contributed by atoms with Gasteiger partial charge in [-0.05, 0) is 25.0 Å². The number of rotatable bonds is 4. The van der Waals surface area contributed by atoms with E-state index in [0.29, 0.717) is 6.42 Å². The fraction of sp³-hybridized carbons (Fsp3) is 0.389. The van der Waals surface area contributed by atoms with E-state index < -0.39 is 0 Å². The number of aromatic nitrogens is 6. The zero-order valence-electron chi connectivity index (χ0n) is 14.7. The van der Waals surface area contributed by atoms with Crippen LogP contribution in [-0.2, 0) is 31.2 Å². The molecule has 0 aromatic carbocycles. The first-order valence-electron chi connectivity index (χ1n) is 8.79. The molecule has 1 amide bonds. The van der Waals surface area contributed by atoms with Crippen molar-refractivity contribution >= 4 is 5.91 Å². The number of hydrogen-bond acceptors (Lipinski definition) is 5. The molecule has 8 heteroatoms. The first-order chi connectivity index (χ1) is 12.7. The first kappa shape index (κ1) is 16.4. The van der Waals surface area contributed by atoms with Gasteiger partial charge in [-0.1, -0.05) is 6.07 Å². The van der Waals surface area contributed by atoms with Crippen LogP contribution >= 0.6 is 0 Å². The average molecular weight is 351 g/mol. The van der Waals surface area contributed by atoms with Gasteiger partial charge in [0.25, 0.3) is 0 Å². The van der Waals surface area contributed by atoms with Crippen LogP contribution in [0.5, 0.6) is 0 Å². The summed E-state index contributed by atoms with van der Waals surface area (Å²) in [6.45, 7) is 0.779. The van der Waals surface area contributed by atoms with Gasteiger partial charge in [0.1, 0.15) is 5.82 Å². The fourth-order valence-corrected chi connectivity index (χ4v) is 3.33. The van der Waals surface area contributed by atoms with Crippen molar-refractivity contribution in [2.45, 2.75) is 38.3 Å². The van der Waals surface area contributed by atoms with E-state index in [1.54, 1.807) is 17.1 Å². The SMILES string of the molecule is Cn1cc(-c2nnc3n2CCC(NC(=O)Cc2ccccn2)CC3)cn1. The zero-order valence-corrected chi connectivity index (χ0v) is 14.7. The second-order valence-corrected chi connectivity index (χ2v) is 6.58. The minimum atomic E-state index is 0.0128. The highest BCUT2D eigenvalue weighted by Crippen LogP contribution is 2.22. The number of nitrogens with zero attached hydrogens (tertiary/aromatic N) is 6. The largest absolute Gasteiger partial charge is 0.353 e. The Morgan fingerprint density at radius 1 is 1.31 bits per heavy atom. The van der Waals surface area contributed by atoms with Crippen LogP contribution < -0.4 is 5.32 Å². The Kier molecular flexibility index (Phi) is 4.47. The maximum absolute atomic E-state index is 12.3. The van der Waals surface area contributed by atoms with Crippen LogP contribution in [0.15, 0.2) is 36.8 Å². The number of nitrogens with one attached hydrogen (secondary N) is 1. The Morgan fingerprint density at radius 3 is 3.00 bits per heavy atom. The highest BCUT2D eigenvalue weighted by atomic mass is 16.1. The molecule has 1 N–H and O–H groups in total. The van der Waals surface area contributed by atoms with Gasteiger partial charge in [-0.15, -0.1) is 10.2 Å². The second kappa shape index (κ2) is 7.07. The van der Waals surface area contributed by atoms with E-state index in [-0.39, 0.29) is 11.9 Å². The fourth-order valence-electron chi connectivity index (χ4n) is 3.33. The van der Waals surface area contributed by atoms with Crippen molar-refractivity contribution in [3.8, 4) is 11.4 Å². The van der Waals surface area contributed by atoms with Crippen LogP contribution in [0.2, 0.25) is 0 Å². The Morgan fingerprint density at radius 2 is 2.23 bits per heavy atom. The maximum Gasteiger partial charge on any atom is 0.226 e. The van der Waals surface area contributed by atoms with E-state index in [1.165, 1.54) is 0 Å². The lowest BCUT2D eigenvalue weighted by atomic mass is 10.1. The number of aryl methyl sites for hydroxylation is 2. The summed E-state index contributed by atoms with van der Waals surface area (Å²) in [7, 11) is 1.89. The molecule has 4 rings (SSSR count). The summed E-state index contributed by atoms with van der Waals surface area (Å²) in [4.78, 5) is 16.5. The number of carbonyl (C=O) groups excluding carboxylic acids is 1. The quantitative estimate of drug-likeness (QED) is 0.761. The Bertz CT molecular complexity index is 899. The molecule has 0 saturated heterocycles. The topological polar surface area (TPSA) is 90.5 Å². The molecule has 1 aliphatic rings. The monoisotopic (exact) mass is 351 g/mol. The molecule has 8 nitrogen and oxygen atoms in total. The van der Waals surface area contributed by atoms with Gasteiger partial charge in [0.15, 0.2) is 5.82 Å². The Hall–Kier alpha value is -3.03. The van der Waals surface area contributed by atoms with E-state index in [1.807, 2.05) is 31.4 Å². The van der Waals surface area contributed by atoms with Gasteiger partial charge < -0.3 is 9.88 Å². The Balaban J connectivity index is 1.41. The van der Waals surface area contributed by atoms with Crippen LogP contribution in [0.1, 0.15) is 24.4 Å². The third-order valence-corrected chi connectivity index (χ3v) is 4.64. The van der Waals surface area contributed by atoms with Gasteiger partial charge in [-0.3, -0.25) is 14.5 Å². The van der Waals surface area contributed by atoms with Gasteiger partial charge in [0.2, 0.25) is 5.91 Å². The second-order valence-electron chi connectivity index (χ2n) is 6.58. The lowest BCUT2D eigenvalue weighted by Gasteiger charge is -2.16. The molecule has 3 aromatic rings. The number of hydrogen-bond donors (Lipinski definition) is 1. The summed E-state index contributed by atoms with van der Waals surface area (Å²) in [5.41, 5.74) is 1.75. The highest BCUT2D eigenvalue weighted by Gasteiger charge is 2.22. The normalized spacial score (nSPS) is 16.7. The van der Waals surface area contributed by atoms with Crippen LogP contribution in [0.4, 0.5) is 0 Å². The molecule has 0 bridgehead atoms. The zero-order chi connectivity index (χ0) is 17.9. The third-order valence-electron chi connectivity index (χ3n) is 4.64. The van der Waals surface area contributed by atoms with E-state index in [2.05, 4.69) is 30.2 Å². The lowest BCUT2D eigenvalue weighted by molar-refractivity contribution is -0.121. The van der Waals surface area contributed by atoms with Crippen molar-refractivity contribution < 1.29 is 4.79 Å². The molecule has 1 atom stereocenters. The van der Waals surface area contributed by atoms with Gasteiger partial charge >= 0.3 is 0 Å². The minimum Gasteiger partial charge on any atom is -0.353 e. The number of pyridine rings is 1. The Labute approximate surface area is 151 Å². The van der Waals surface area contributed by atoms with Crippen LogP contribution in [-0.4, -0.2) is 41.5 Å². The van der Waals surface area contributed by atoms with Gasteiger partial charge in [-0.2, -0.15) is 5.10 Å². The van der Waals surface area contributed by atoms with E-state index >= 15 is 0 Å². The molecule has 3 aromatic heterocycles. The molecule has 1 aliphatic heterocycles. The average Bonchev–Trinajstić information content (AvgIpc) is 3.19. The van der Waals surface area contributed by atoms with Gasteiger partial charge in [0, 0.05) is 44.1 Å². The summed E-state index contributed by atoms with van der Waals surface area (Å²) >= 11 is 0. The van der Waals surface area contributed by atoms with Crippen LogP contribution in [0, 0.1) is 0 Å². The van der Waals surface area contributed by atoms with Crippen molar-refractivity contribution in [2.75, 3.05) is 0 Å². The maximum atomic E-state index is 12.3. The summed E-state index contributed by atoms with van der Waals surface area (Å²) < 4.78 is 3.90. The molecule has 134 valence electrons. The number of fused-ring (bicyclic) bond motifs is 1. The predicted molar refractivity (Wildman–Crippen MR) is 95.0 cm³/mol. The number of amides is 1. The van der Waals surface area contributed by atoms with Crippen molar-refractivity contribution in [3.05, 3.63) is 48.3 Å². The summed E-state index contributed by atoms with van der Waals surface area (Å²) in [6.07, 6.45) is 8.26. The third kappa shape index (κ3) is 3.49. The van der Waals surface area contributed by atoms with E-state index in [0.717, 1.165) is 48.7 Å². The standard InChI is InChI=1S/C18H21N7O/c1-24-12-13(11-20-24)18-23-22-16-6-5-14(7-9-25(16)18)21-17(26)10-15-4-2-3-8-19-15/h2-4,8,11-12,14H,5-7,9-10H2,1H3,(H,21,26). The molecule has 26 heavy (non-hydrogen) atoms. The molecule has 0 fully saturated rings. The lowest BCUT2D eigenvalue weighted by Crippen LogP contribution is -2.36. The van der Waals surface area contributed by atoms with Crippen molar-refractivity contribution in [1.29, 1.82) is 0 Å². The highest BCUT2D eigenvalue weighted by molar-refractivity contribution is 5.78. The summed E-state index contributed by atoms with van der Waals surface area (Å²) in [5.74, 6) is 1.82. The van der Waals surface area contributed by atoms with Crippen molar-refractivity contribution in [3.63, 3.8) is 0 Å². The minimum absolute atomic E-state index is 0.0128. The molecule has 0 radical (unpaired) electrons.